The van der Waals surface area contributed by atoms with Crippen molar-refractivity contribution in [3.63, 3.8) is 0 Å². The number of carbonyl (C=O) groups excluding carboxylic acids is 2. The van der Waals surface area contributed by atoms with Crippen LogP contribution >= 0.6 is 11.3 Å². The Labute approximate surface area is 148 Å². The van der Waals surface area contributed by atoms with Gasteiger partial charge in [0.05, 0.1) is 17.8 Å². The highest BCUT2D eigenvalue weighted by Gasteiger charge is 2.11. The Morgan fingerprint density at radius 1 is 1.16 bits per heavy atom. The number of amides is 1. The molecule has 0 radical (unpaired) electrons. The summed E-state index contributed by atoms with van der Waals surface area (Å²) in [4.78, 5) is 31.7. The Morgan fingerprint density at radius 3 is 2.64 bits per heavy atom. The molecule has 0 saturated heterocycles. The monoisotopic (exact) mass is 353 g/mol. The van der Waals surface area contributed by atoms with E-state index in [9.17, 15) is 9.59 Å². The second-order valence-corrected chi connectivity index (χ2v) is 6.07. The second-order valence-electron chi connectivity index (χ2n) is 5.22. The molecule has 1 N–H and O–H groups in total. The van der Waals surface area contributed by atoms with Crippen molar-refractivity contribution >= 4 is 28.9 Å². The summed E-state index contributed by atoms with van der Waals surface area (Å²) in [7, 11) is 0. The quantitative estimate of drug-likeness (QED) is 0.562. The lowest BCUT2D eigenvalue weighted by molar-refractivity contribution is -0.133. The standard InChI is InChI=1S/C18H15N3O3S/c1-12(22)20-13-5-7-15(8-6-13)24-17(23)10-14-11-25-18(21-14)16-4-2-3-9-19-16/h2-9,11H,10H2,1H3,(H,20,22). The van der Waals surface area contributed by atoms with E-state index in [1.165, 1.54) is 18.3 Å². The fourth-order valence-corrected chi connectivity index (χ4v) is 2.92. The molecule has 126 valence electrons. The molecule has 6 nitrogen and oxygen atoms in total. The number of thiazole rings is 1. The first-order valence-corrected chi connectivity index (χ1v) is 8.42. The number of aromatic nitrogens is 2. The maximum Gasteiger partial charge on any atom is 0.317 e. The number of hydrogen-bond donors (Lipinski definition) is 1. The van der Waals surface area contributed by atoms with Crippen molar-refractivity contribution in [1.29, 1.82) is 0 Å². The van der Waals surface area contributed by atoms with E-state index >= 15 is 0 Å². The third-order valence-corrected chi connectivity index (χ3v) is 4.08. The Kier molecular flexibility index (Phi) is 5.15. The van der Waals surface area contributed by atoms with E-state index in [0.717, 1.165) is 10.7 Å². The summed E-state index contributed by atoms with van der Waals surface area (Å²) < 4.78 is 5.29. The van der Waals surface area contributed by atoms with Gasteiger partial charge in [-0.1, -0.05) is 6.07 Å². The first-order chi connectivity index (χ1) is 12.1. The lowest BCUT2D eigenvalue weighted by atomic mass is 10.3. The molecule has 3 aromatic rings. The smallest absolute Gasteiger partial charge is 0.317 e. The molecule has 3 rings (SSSR count). The molecule has 2 heterocycles. The number of anilines is 1. The summed E-state index contributed by atoms with van der Waals surface area (Å²) in [6.45, 7) is 1.43. The van der Waals surface area contributed by atoms with E-state index < -0.39 is 5.97 Å². The Bertz CT molecular complexity index is 876. The summed E-state index contributed by atoms with van der Waals surface area (Å²) in [5.74, 6) is -0.138. The van der Waals surface area contributed by atoms with Gasteiger partial charge in [0.15, 0.2) is 0 Å². The van der Waals surface area contributed by atoms with Gasteiger partial charge in [0.1, 0.15) is 10.8 Å². The summed E-state index contributed by atoms with van der Waals surface area (Å²) in [6.07, 6.45) is 1.78. The van der Waals surface area contributed by atoms with Crippen LogP contribution in [0.1, 0.15) is 12.6 Å². The lowest BCUT2D eigenvalue weighted by Crippen LogP contribution is -2.11. The van der Waals surface area contributed by atoms with Crippen LogP contribution in [0.4, 0.5) is 5.69 Å². The SMILES string of the molecule is CC(=O)Nc1ccc(OC(=O)Cc2csc(-c3ccccn3)n2)cc1. The average molecular weight is 353 g/mol. The first-order valence-electron chi connectivity index (χ1n) is 7.54. The van der Waals surface area contributed by atoms with Crippen molar-refractivity contribution in [1.82, 2.24) is 9.97 Å². The van der Waals surface area contributed by atoms with Crippen LogP contribution in [0.2, 0.25) is 0 Å². The molecule has 2 aromatic heterocycles. The number of esters is 1. The Morgan fingerprint density at radius 2 is 1.96 bits per heavy atom. The number of pyridine rings is 1. The molecular weight excluding hydrogens is 338 g/mol. The van der Waals surface area contributed by atoms with E-state index in [1.807, 2.05) is 23.6 Å². The fraction of sp³-hybridized carbons (Fsp3) is 0.111. The second kappa shape index (κ2) is 7.67. The molecule has 1 amide bonds. The van der Waals surface area contributed by atoms with Crippen molar-refractivity contribution < 1.29 is 14.3 Å². The first kappa shape index (κ1) is 16.8. The molecule has 7 heteroatoms. The van der Waals surface area contributed by atoms with Crippen LogP contribution in [0.5, 0.6) is 5.75 Å². The van der Waals surface area contributed by atoms with Crippen LogP contribution in [0.25, 0.3) is 10.7 Å². The summed E-state index contributed by atoms with van der Waals surface area (Å²) in [5.41, 5.74) is 2.07. The molecular formula is C18H15N3O3S. The van der Waals surface area contributed by atoms with Crippen molar-refractivity contribution in [2.24, 2.45) is 0 Å². The average Bonchev–Trinajstić information content (AvgIpc) is 3.05. The highest BCUT2D eigenvalue weighted by atomic mass is 32.1. The van der Waals surface area contributed by atoms with Crippen LogP contribution < -0.4 is 10.1 Å². The van der Waals surface area contributed by atoms with E-state index in [4.69, 9.17) is 4.74 Å². The van der Waals surface area contributed by atoms with E-state index in [0.29, 0.717) is 17.1 Å². The molecule has 0 spiro atoms. The van der Waals surface area contributed by atoms with Gasteiger partial charge in [-0.2, -0.15) is 0 Å². The predicted octanol–water partition coefficient (Wildman–Crippen LogP) is 3.31. The minimum Gasteiger partial charge on any atom is -0.426 e. The van der Waals surface area contributed by atoms with Gasteiger partial charge in [-0.25, -0.2) is 4.98 Å². The van der Waals surface area contributed by atoms with Crippen molar-refractivity contribution in [3.05, 3.63) is 59.7 Å². The molecule has 0 atom stereocenters. The fourth-order valence-electron chi connectivity index (χ4n) is 2.12. The molecule has 0 unspecified atom stereocenters. The Balaban J connectivity index is 1.59. The molecule has 0 aliphatic rings. The molecule has 1 aromatic carbocycles. The summed E-state index contributed by atoms with van der Waals surface area (Å²) in [5, 5.41) is 5.24. The lowest BCUT2D eigenvalue weighted by Gasteiger charge is -2.05. The zero-order valence-corrected chi connectivity index (χ0v) is 14.2. The Hall–Kier alpha value is -3.06. The maximum absolute atomic E-state index is 12.0. The maximum atomic E-state index is 12.0. The van der Waals surface area contributed by atoms with E-state index in [2.05, 4.69) is 15.3 Å². The number of ether oxygens (including phenoxy) is 1. The third kappa shape index (κ3) is 4.71. The minimum absolute atomic E-state index is 0.0801. The molecule has 0 bridgehead atoms. The normalized spacial score (nSPS) is 10.3. The molecule has 0 aliphatic heterocycles. The summed E-state index contributed by atoms with van der Waals surface area (Å²) in [6, 6.07) is 12.2. The van der Waals surface area contributed by atoms with Crippen molar-refractivity contribution in [3.8, 4) is 16.5 Å². The van der Waals surface area contributed by atoms with Gasteiger partial charge in [-0.15, -0.1) is 11.3 Å². The van der Waals surface area contributed by atoms with Crippen LogP contribution in [-0.2, 0) is 16.0 Å². The number of hydrogen-bond acceptors (Lipinski definition) is 6. The van der Waals surface area contributed by atoms with E-state index in [1.54, 1.807) is 30.5 Å². The minimum atomic E-state index is -0.398. The highest BCUT2D eigenvalue weighted by molar-refractivity contribution is 7.13. The molecule has 0 saturated carbocycles. The van der Waals surface area contributed by atoms with E-state index in [-0.39, 0.29) is 12.3 Å². The van der Waals surface area contributed by atoms with Gasteiger partial charge >= 0.3 is 5.97 Å². The van der Waals surface area contributed by atoms with Crippen molar-refractivity contribution in [2.75, 3.05) is 5.32 Å². The van der Waals surface area contributed by atoms with Crippen LogP contribution in [0.15, 0.2) is 54.0 Å². The number of benzene rings is 1. The zero-order valence-electron chi connectivity index (χ0n) is 13.4. The van der Waals surface area contributed by atoms with Crippen LogP contribution in [0.3, 0.4) is 0 Å². The highest BCUT2D eigenvalue weighted by Crippen LogP contribution is 2.22. The molecule has 25 heavy (non-hydrogen) atoms. The number of nitrogens with one attached hydrogen (secondary N) is 1. The number of nitrogens with zero attached hydrogens (tertiary/aromatic N) is 2. The number of carbonyl (C=O) groups is 2. The molecule has 0 fully saturated rings. The van der Waals surface area contributed by atoms with Gasteiger partial charge < -0.3 is 10.1 Å². The largest absolute Gasteiger partial charge is 0.426 e. The van der Waals surface area contributed by atoms with Gasteiger partial charge in [-0.05, 0) is 36.4 Å². The predicted molar refractivity (Wildman–Crippen MR) is 95.4 cm³/mol. The van der Waals surface area contributed by atoms with Gasteiger partial charge in [-0.3, -0.25) is 14.6 Å². The van der Waals surface area contributed by atoms with Gasteiger partial charge in [0.25, 0.3) is 0 Å². The van der Waals surface area contributed by atoms with Crippen LogP contribution in [0, 0.1) is 0 Å². The number of rotatable bonds is 5. The molecule has 0 aliphatic carbocycles. The van der Waals surface area contributed by atoms with Gasteiger partial charge in [0, 0.05) is 24.2 Å². The topological polar surface area (TPSA) is 81.2 Å². The summed E-state index contributed by atoms with van der Waals surface area (Å²) >= 11 is 1.44. The van der Waals surface area contributed by atoms with Gasteiger partial charge in [0.2, 0.25) is 5.91 Å². The van der Waals surface area contributed by atoms with Crippen LogP contribution in [-0.4, -0.2) is 21.8 Å². The third-order valence-electron chi connectivity index (χ3n) is 3.17. The zero-order chi connectivity index (χ0) is 17.6. The van der Waals surface area contributed by atoms with Crippen molar-refractivity contribution in [2.45, 2.75) is 13.3 Å².